The third-order valence-electron chi connectivity index (χ3n) is 10.7. The largest absolute Gasteiger partial charge is 0.492 e. The van der Waals surface area contributed by atoms with Crippen LogP contribution in [0.25, 0.3) is 0 Å². The summed E-state index contributed by atoms with van der Waals surface area (Å²) in [7, 11) is 3.95. The smallest absolute Gasteiger partial charge is 0.410 e. The second kappa shape index (κ2) is 15.9. The highest BCUT2D eigenvalue weighted by Crippen LogP contribution is 2.45. The number of amides is 4. The molecule has 0 unspecified atom stereocenters. The lowest BCUT2D eigenvalue weighted by Gasteiger charge is -2.29. The lowest BCUT2D eigenvalue weighted by molar-refractivity contribution is -0.145. The van der Waals surface area contributed by atoms with Crippen molar-refractivity contribution in [1.29, 1.82) is 0 Å². The SMILES string of the molecule is CN(C)CCOc1ccc2c(c1)CN(C(=O)O[C@@H]1C[C@H]3C(=O)N[C@]4(C(=O)O)C[C@H]4/C=C\CCCCC[C@H](NC(=O)OC4CCCC4)C(=O)N3C1)C2. The summed E-state index contributed by atoms with van der Waals surface area (Å²) in [4.78, 5) is 71.9. The van der Waals surface area contributed by atoms with Crippen LogP contribution in [0.1, 0.15) is 81.8 Å². The van der Waals surface area contributed by atoms with E-state index in [1.807, 2.05) is 49.3 Å². The number of ether oxygens (including phenoxy) is 3. The number of nitrogens with one attached hydrogen (secondary N) is 2. The number of hydrogen-bond donors (Lipinski definition) is 3. The molecule has 0 aromatic heterocycles. The van der Waals surface area contributed by atoms with Crippen LogP contribution in [0, 0.1) is 5.92 Å². The number of carboxylic acids is 1. The Morgan fingerprint density at radius 3 is 2.53 bits per heavy atom. The van der Waals surface area contributed by atoms with Gasteiger partial charge in [-0.05, 0) is 88.7 Å². The van der Waals surface area contributed by atoms with Crippen LogP contribution in [0.3, 0.4) is 0 Å². The summed E-state index contributed by atoms with van der Waals surface area (Å²) in [6.07, 6.45) is 8.65. The van der Waals surface area contributed by atoms with E-state index in [4.69, 9.17) is 14.2 Å². The Bertz CT molecular complexity index is 1510. The van der Waals surface area contributed by atoms with E-state index in [0.717, 1.165) is 68.4 Å². The van der Waals surface area contributed by atoms with Crippen LogP contribution in [0.2, 0.25) is 0 Å². The molecule has 5 aliphatic rings. The van der Waals surface area contributed by atoms with E-state index >= 15 is 0 Å². The van der Waals surface area contributed by atoms with Gasteiger partial charge in [-0.1, -0.05) is 31.1 Å². The molecule has 14 nitrogen and oxygen atoms in total. The first kappa shape index (κ1) is 36.5. The summed E-state index contributed by atoms with van der Waals surface area (Å²) in [5.74, 6) is -1.89. The first-order valence-corrected chi connectivity index (χ1v) is 18.4. The summed E-state index contributed by atoms with van der Waals surface area (Å²) in [5.41, 5.74) is 0.468. The van der Waals surface area contributed by atoms with Gasteiger partial charge in [-0.2, -0.15) is 0 Å². The fraction of sp³-hybridized carbons (Fsp3) is 0.649. The number of likely N-dealkylation sites (N-methyl/N-ethyl adjacent to an activating group) is 1. The summed E-state index contributed by atoms with van der Waals surface area (Å²) in [6, 6.07) is 3.68. The molecule has 0 bridgehead atoms. The Kier molecular flexibility index (Phi) is 11.4. The standard InChI is InChI=1S/C37H51N5O9/c1-40(2)16-17-49-28-15-14-24-21-41(22-25(24)18-28)36(48)51-29-19-31-32(43)39-37(34(45)46)20-26(37)10-6-4-3-5-7-13-30(33(44)42(31)23-29)38-35(47)50-27-11-8-9-12-27/h6,10,14-15,18,26-27,29-31H,3-5,7-9,11-13,16-17,19-23H2,1-2H3,(H,38,47)(H,39,43)(H,45,46)/b10-6-/t26-,29-,30+,31+,37-/m1/s1. The molecule has 1 aromatic carbocycles. The van der Waals surface area contributed by atoms with Crippen molar-refractivity contribution in [2.24, 2.45) is 5.92 Å². The van der Waals surface area contributed by atoms with E-state index in [1.54, 1.807) is 4.90 Å². The quantitative estimate of drug-likeness (QED) is 0.340. The van der Waals surface area contributed by atoms with Gasteiger partial charge in [-0.3, -0.25) is 14.5 Å². The predicted molar refractivity (Wildman–Crippen MR) is 185 cm³/mol. The molecular formula is C37H51N5O9. The van der Waals surface area contributed by atoms with Crippen molar-refractivity contribution >= 4 is 30.0 Å². The normalized spacial score (nSPS) is 28.8. The number of alkyl carbamates (subject to hydrolysis) is 1. The molecular weight excluding hydrogens is 658 g/mol. The maximum absolute atomic E-state index is 14.3. The molecule has 0 spiro atoms. The monoisotopic (exact) mass is 709 g/mol. The Balaban J connectivity index is 1.16. The molecule has 0 radical (unpaired) electrons. The highest BCUT2D eigenvalue weighted by Gasteiger charge is 2.61. The molecule has 3 aliphatic heterocycles. The average Bonchev–Trinajstić information content (AvgIpc) is 3.49. The number of benzene rings is 1. The van der Waals surface area contributed by atoms with Crippen LogP contribution in [0.5, 0.6) is 5.75 Å². The van der Waals surface area contributed by atoms with Crippen LogP contribution in [0.15, 0.2) is 30.4 Å². The van der Waals surface area contributed by atoms with Gasteiger partial charge >= 0.3 is 18.2 Å². The Labute approximate surface area is 298 Å². The van der Waals surface area contributed by atoms with Crippen LogP contribution in [-0.2, 0) is 36.9 Å². The van der Waals surface area contributed by atoms with E-state index < -0.39 is 53.7 Å². The molecule has 3 N–H and O–H groups in total. The fourth-order valence-corrected chi connectivity index (χ4v) is 7.63. The van der Waals surface area contributed by atoms with E-state index in [-0.39, 0.29) is 31.4 Å². The van der Waals surface area contributed by atoms with Gasteiger partial charge in [-0.15, -0.1) is 0 Å². The number of aliphatic carboxylic acids is 1. The van der Waals surface area contributed by atoms with Crippen LogP contribution in [0.4, 0.5) is 9.59 Å². The third kappa shape index (κ3) is 8.77. The second-order valence-electron chi connectivity index (χ2n) is 14.8. The lowest BCUT2D eigenvalue weighted by Crippen LogP contribution is -2.56. The van der Waals surface area contributed by atoms with Gasteiger partial charge in [0, 0.05) is 32.0 Å². The third-order valence-corrected chi connectivity index (χ3v) is 10.7. The molecule has 278 valence electrons. The van der Waals surface area contributed by atoms with E-state index in [1.165, 1.54) is 4.90 Å². The maximum Gasteiger partial charge on any atom is 0.410 e. The Morgan fingerprint density at radius 2 is 1.76 bits per heavy atom. The summed E-state index contributed by atoms with van der Waals surface area (Å²) >= 11 is 0. The van der Waals surface area contributed by atoms with E-state index in [0.29, 0.717) is 32.5 Å². The van der Waals surface area contributed by atoms with E-state index in [9.17, 15) is 29.1 Å². The number of carboxylic acid groups (broad SMARTS) is 1. The van der Waals surface area contributed by atoms with Crippen molar-refractivity contribution in [3.63, 3.8) is 0 Å². The molecule has 14 heteroatoms. The maximum atomic E-state index is 14.3. The molecule has 2 aliphatic carbocycles. The van der Waals surface area contributed by atoms with Crippen LogP contribution < -0.4 is 15.4 Å². The highest BCUT2D eigenvalue weighted by atomic mass is 16.6. The number of hydrogen-bond acceptors (Lipinski definition) is 9. The van der Waals surface area contributed by atoms with Gasteiger partial charge in [-0.25, -0.2) is 14.4 Å². The van der Waals surface area contributed by atoms with Gasteiger partial charge in [0.25, 0.3) is 0 Å². The van der Waals surface area contributed by atoms with E-state index in [2.05, 4.69) is 10.6 Å². The minimum absolute atomic E-state index is 0.0105. The van der Waals surface area contributed by atoms with Crippen molar-refractivity contribution < 1.29 is 43.3 Å². The first-order valence-electron chi connectivity index (χ1n) is 18.4. The van der Waals surface area contributed by atoms with Gasteiger partial charge in [0.15, 0.2) is 0 Å². The van der Waals surface area contributed by atoms with Crippen molar-refractivity contribution in [3.05, 3.63) is 41.5 Å². The molecule has 2 saturated carbocycles. The zero-order chi connectivity index (χ0) is 36.1. The minimum atomic E-state index is -1.46. The fourth-order valence-electron chi connectivity index (χ4n) is 7.63. The molecule has 1 saturated heterocycles. The Hall–Kier alpha value is -4.33. The second-order valence-corrected chi connectivity index (χ2v) is 14.8. The number of carbonyl (C=O) groups excluding carboxylic acids is 4. The molecule has 4 amide bonds. The Morgan fingerprint density at radius 1 is 1.00 bits per heavy atom. The van der Waals surface area contributed by atoms with Gasteiger partial charge in [0.2, 0.25) is 11.8 Å². The molecule has 51 heavy (non-hydrogen) atoms. The predicted octanol–water partition coefficient (Wildman–Crippen LogP) is 3.57. The van der Waals surface area contributed by atoms with Crippen molar-refractivity contribution in [1.82, 2.24) is 25.3 Å². The van der Waals surface area contributed by atoms with Crippen molar-refractivity contribution in [3.8, 4) is 5.75 Å². The number of nitrogens with zero attached hydrogens (tertiary/aromatic N) is 3. The number of allylic oxidation sites excluding steroid dienone is 1. The molecule has 6 rings (SSSR count). The van der Waals surface area contributed by atoms with Crippen LogP contribution in [-0.4, -0.2) is 113 Å². The average molecular weight is 710 g/mol. The highest BCUT2D eigenvalue weighted by molar-refractivity contribution is 5.96. The molecule has 3 heterocycles. The number of fused-ring (bicyclic) bond motifs is 3. The summed E-state index contributed by atoms with van der Waals surface area (Å²) in [6.45, 7) is 1.89. The number of rotatable bonds is 8. The first-order chi connectivity index (χ1) is 24.5. The van der Waals surface area contributed by atoms with Crippen molar-refractivity contribution in [2.75, 3.05) is 33.8 Å². The molecule has 5 atom stereocenters. The van der Waals surface area contributed by atoms with Crippen LogP contribution >= 0.6 is 0 Å². The zero-order valence-electron chi connectivity index (χ0n) is 29.6. The minimum Gasteiger partial charge on any atom is -0.492 e. The van der Waals surface area contributed by atoms with Crippen molar-refractivity contribution in [2.45, 2.75) is 114 Å². The molecule has 3 fully saturated rings. The van der Waals surface area contributed by atoms with Gasteiger partial charge < -0.3 is 39.8 Å². The van der Waals surface area contributed by atoms with Gasteiger partial charge in [0.05, 0.1) is 6.54 Å². The zero-order valence-corrected chi connectivity index (χ0v) is 29.6. The lowest BCUT2D eigenvalue weighted by atomic mass is 10.0. The number of carbonyl (C=O) groups is 5. The van der Waals surface area contributed by atoms with Gasteiger partial charge in [0.1, 0.15) is 42.2 Å². The summed E-state index contributed by atoms with van der Waals surface area (Å²) in [5, 5.41) is 15.6. The topological polar surface area (TPSA) is 167 Å². The summed E-state index contributed by atoms with van der Waals surface area (Å²) < 4.78 is 17.4. The molecule has 1 aromatic rings.